The van der Waals surface area contributed by atoms with E-state index in [-0.39, 0.29) is 0 Å². The summed E-state index contributed by atoms with van der Waals surface area (Å²) in [4.78, 5) is 0. The summed E-state index contributed by atoms with van der Waals surface area (Å²) in [5.74, 6) is 1.93. The maximum absolute atomic E-state index is 6.22. The van der Waals surface area contributed by atoms with Crippen LogP contribution in [0.2, 0.25) is 0 Å². The molecule has 3 aromatic rings. The second kappa shape index (κ2) is 11.8. The van der Waals surface area contributed by atoms with E-state index in [0.29, 0.717) is 19.8 Å². The number of allylic oxidation sites excluding steroid dienone is 2. The van der Waals surface area contributed by atoms with Gasteiger partial charge in [0.1, 0.15) is 11.5 Å². The van der Waals surface area contributed by atoms with Crippen LogP contribution >= 0.6 is 0 Å². The largest absolute Gasteiger partial charge is 0.496 e. The predicted molar refractivity (Wildman–Crippen MR) is 124 cm³/mol. The SMILES string of the molecule is CCOc1ccccc1CC(=C(CCc1ccccc1)OCCN)c1ccccc1. The first-order valence-electron chi connectivity index (χ1n) is 10.7. The Bertz CT molecular complexity index is 920. The van der Waals surface area contributed by atoms with Gasteiger partial charge in [0.05, 0.1) is 13.2 Å². The average molecular weight is 402 g/mol. The summed E-state index contributed by atoms with van der Waals surface area (Å²) in [6.45, 7) is 3.66. The molecular formula is C27H31NO2. The van der Waals surface area contributed by atoms with Crippen molar-refractivity contribution < 1.29 is 9.47 Å². The van der Waals surface area contributed by atoms with Gasteiger partial charge in [0.25, 0.3) is 0 Å². The quantitative estimate of drug-likeness (QED) is 0.422. The number of hydrogen-bond acceptors (Lipinski definition) is 3. The monoisotopic (exact) mass is 401 g/mol. The third-order valence-electron chi connectivity index (χ3n) is 4.98. The Labute approximate surface area is 180 Å². The second-order valence-electron chi connectivity index (χ2n) is 7.11. The Morgan fingerprint density at radius 1 is 0.833 bits per heavy atom. The molecular weight excluding hydrogens is 370 g/mol. The zero-order valence-corrected chi connectivity index (χ0v) is 17.7. The Morgan fingerprint density at radius 2 is 1.50 bits per heavy atom. The summed E-state index contributed by atoms with van der Waals surface area (Å²) in [7, 11) is 0. The zero-order chi connectivity index (χ0) is 21.0. The maximum atomic E-state index is 6.22. The van der Waals surface area contributed by atoms with Crippen molar-refractivity contribution in [3.8, 4) is 5.75 Å². The van der Waals surface area contributed by atoms with Gasteiger partial charge >= 0.3 is 0 Å². The first kappa shape index (κ1) is 21.7. The minimum absolute atomic E-state index is 0.492. The average Bonchev–Trinajstić information content (AvgIpc) is 2.80. The smallest absolute Gasteiger partial charge is 0.122 e. The van der Waals surface area contributed by atoms with E-state index in [1.807, 2.05) is 31.2 Å². The number of rotatable bonds is 11. The molecule has 0 amide bonds. The van der Waals surface area contributed by atoms with E-state index in [1.165, 1.54) is 16.7 Å². The van der Waals surface area contributed by atoms with Crippen LogP contribution in [0.15, 0.2) is 90.7 Å². The molecule has 30 heavy (non-hydrogen) atoms. The fourth-order valence-corrected chi connectivity index (χ4v) is 3.53. The van der Waals surface area contributed by atoms with Crippen LogP contribution in [-0.2, 0) is 17.6 Å². The highest BCUT2D eigenvalue weighted by Crippen LogP contribution is 2.30. The predicted octanol–water partition coefficient (Wildman–Crippen LogP) is 5.65. The Hall–Kier alpha value is -3.04. The van der Waals surface area contributed by atoms with Crippen LogP contribution in [0, 0.1) is 0 Å². The van der Waals surface area contributed by atoms with Gasteiger partial charge in [-0.15, -0.1) is 0 Å². The van der Waals surface area contributed by atoms with E-state index < -0.39 is 0 Å². The Morgan fingerprint density at radius 3 is 2.20 bits per heavy atom. The van der Waals surface area contributed by atoms with Gasteiger partial charge in [-0.3, -0.25) is 0 Å². The lowest BCUT2D eigenvalue weighted by Crippen LogP contribution is -2.11. The second-order valence-corrected chi connectivity index (χ2v) is 7.11. The molecule has 2 N–H and O–H groups in total. The highest BCUT2D eigenvalue weighted by Gasteiger charge is 2.15. The van der Waals surface area contributed by atoms with Crippen molar-refractivity contribution in [3.05, 3.63) is 107 Å². The molecule has 156 valence electrons. The molecule has 0 atom stereocenters. The summed E-state index contributed by atoms with van der Waals surface area (Å²) in [5, 5.41) is 0. The Kier molecular flexibility index (Phi) is 8.55. The first-order chi connectivity index (χ1) is 14.8. The van der Waals surface area contributed by atoms with Crippen LogP contribution in [0.4, 0.5) is 0 Å². The molecule has 0 heterocycles. The lowest BCUT2D eigenvalue weighted by molar-refractivity contribution is 0.212. The first-order valence-corrected chi connectivity index (χ1v) is 10.7. The van der Waals surface area contributed by atoms with Gasteiger partial charge in [-0.1, -0.05) is 78.9 Å². The number of nitrogens with two attached hydrogens (primary N) is 1. The van der Waals surface area contributed by atoms with E-state index in [0.717, 1.165) is 36.3 Å². The van der Waals surface area contributed by atoms with Gasteiger partial charge in [0, 0.05) is 25.0 Å². The fourth-order valence-electron chi connectivity index (χ4n) is 3.53. The molecule has 3 heteroatoms. The van der Waals surface area contributed by atoms with Crippen molar-refractivity contribution >= 4 is 5.57 Å². The van der Waals surface area contributed by atoms with Gasteiger partial charge in [0.15, 0.2) is 0 Å². The summed E-state index contributed by atoms with van der Waals surface area (Å²) in [6, 6.07) is 29.2. The highest BCUT2D eigenvalue weighted by molar-refractivity contribution is 5.70. The van der Waals surface area contributed by atoms with Crippen LogP contribution in [0.3, 0.4) is 0 Å². The van der Waals surface area contributed by atoms with Gasteiger partial charge in [-0.2, -0.15) is 0 Å². The van der Waals surface area contributed by atoms with Crippen molar-refractivity contribution in [1.29, 1.82) is 0 Å². The van der Waals surface area contributed by atoms with Gasteiger partial charge in [-0.05, 0) is 36.1 Å². The van der Waals surface area contributed by atoms with Gasteiger partial charge in [-0.25, -0.2) is 0 Å². The standard InChI is InChI=1S/C27H31NO2/c1-2-29-26-16-10-9-15-24(26)21-25(23-13-7-4-8-14-23)27(30-20-19-28)18-17-22-11-5-3-6-12-22/h3-16H,2,17-21,28H2,1H3. The van der Waals surface area contributed by atoms with E-state index in [9.17, 15) is 0 Å². The van der Waals surface area contributed by atoms with Gasteiger partial charge in [0.2, 0.25) is 0 Å². The van der Waals surface area contributed by atoms with Crippen LogP contribution in [-0.4, -0.2) is 19.8 Å². The molecule has 0 aromatic heterocycles. The minimum Gasteiger partial charge on any atom is -0.496 e. The maximum Gasteiger partial charge on any atom is 0.122 e. The van der Waals surface area contributed by atoms with E-state index >= 15 is 0 Å². The third-order valence-corrected chi connectivity index (χ3v) is 4.98. The molecule has 0 fully saturated rings. The van der Waals surface area contributed by atoms with Crippen molar-refractivity contribution in [3.63, 3.8) is 0 Å². The molecule has 0 radical (unpaired) electrons. The molecule has 0 saturated carbocycles. The van der Waals surface area contributed by atoms with E-state index in [2.05, 4.69) is 60.7 Å². The van der Waals surface area contributed by atoms with Crippen molar-refractivity contribution in [2.75, 3.05) is 19.8 Å². The molecule has 0 unspecified atom stereocenters. The number of hydrogen-bond donors (Lipinski definition) is 1. The highest BCUT2D eigenvalue weighted by atomic mass is 16.5. The van der Waals surface area contributed by atoms with E-state index in [1.54, 1.807) is 0 Å². The van der Waals surface area contributed by atoms with Crippen molar-refractivity contribution in [2.24, 2.45) is 5.73 Å². The number of aryl methyl sites for hydroxylation is 1. The molecule has 0 aliphatic carbocycles. The molecule has 3 rings (SSSR count). The fraction of sp³-hybridized carbons (Fsp3) is 0.259. The molecule has 0 bridgehead atoms. The molecule has 0 aliphatic rings. The van der Waals surface area contributed by atoms with Crippen LogP contribution in [0.25, 0.3) is 5.57 Å². The normalized spacial score (nSPS) is 11.7. The van der Waals surface area contributed by atoms with Crippen molar-refractivity contribution in [2.45, 2.75) is 26.2 Å². The zero-order valence-electron chi connectivity index (χ0n) is 17.7. The molecule has 0 saturated heterocycles. The number of ether oxygens (including phenoxy) is 2. The lowest BCUT2D eigenvalue weighted by atomic mass is 9.94. The Balaban J connectivity index is 1.98. The number of para-hydroxylation sites is 1. The van der Waals surface area contributed by atoms with Crippen LogP contribution in [0.5, 0.6) is 5.75 Å². The molecule has 3 nitrogen and oxygen atoms in total. The molecule has 0 aliphatic heterocycles. The number of benzene rings is 3. The summed E-state index contributed by atoms with van der Waals surface area (Å²) < 4.78 is 12.1. The molecule has 0 spiro atoms. The minimum atomic E-state index is 0.492. The lowest BCUT2D eigenvalue weighted by Gasteiger charge is -2.19. The van der Waals surface area contributed by atoms with Crippen molar-refractivity contribution in [1.82, 2.24) is 0 Å². The summed E-state index contributed by atoms with van der Waals surface area (Å²) in [5.41, 5.74) is 10.6. The topological polar surface area (TPSA) is 44.5 Å². The van der Waals surface area contributed by atoms with E-state index in [4.69, 9.17) is 15.2 Å². The summed E-state index contributed by atoms with van der Waals surface area (Å²) in [6.07, 6.45) is 2.49. The third kappa shape index (κ3) is 6.23. The van der Waals surface area contributed by atoms with Crippen LogP contribution in [0.1, 0.15) is 30.0 Å². The van der Waals surface area contributed by atoms with Crippen LogP contribution < -0.4 is 10.5 Å². The van der Waals surface area contributed by atoms with Gasteiger partial charge < -0.3 is 15.2 Å². The summed E-state index contributed by atoms with van der Waals surface area (Å²) >= 11 is 0. The molecule has 3 aromatic carbocycles.